The van der Waals surface area contributed by atoms with Crippen LogP contribution in [0.4, 0.5) is 0 Å². The van der Waals surface area contributed by atoms with Crippen molar-refractivity contribution in [3.8, 4) is 0 Å². The summed E-state index contributed by atoms with van der Waals surface area (Å²) in [5.41, 5.74) is 1.25. The third-order valence-electron chi connectivity index (χ3n) is 2.51. The van der Waals surface area contributed by atoms with Crippen LogP contribution in [0.25, 0.3) is 0 Å². The van der Waals surface area contributed by atoms with Crippen LogP contribution in [0, 0.1) is 0 Å². The van der Waals surface area contributed by atoms with Crippen molar-refractivity contribution in [1.82, 2.24) is 10.2 Å². The van der Waals surface area contributed by atoms with Gasteiger partial charge < -0.3 is 10.2 Å². The Kier molecular flexibility index (Phi) is 7.21. The molecule has 2 heteroatoms. The molecule has 0 aliphatic heterocycles. The fourth-order valence-electron chi connectivity index (χ4n) is 1.35. The molecule has 1 atom stereocenters. The zero-order valence-electron chi connectivity index (χ0n) is 10.0. The molecular weight excluding hydrogens is 172 g/mol. The van der Waals surface area contributed by atoms with E-state index in [0.717, 1.165) is 19.5 Å². The largest absolute Gasteiger partial charge is 0.372 e. The first kappa shape index (κ1) is 13.2. The van der Waals surface area contributed by atoms with E-state index in [1.54, 1.807) is 0 Å². The topological polar surface area (TPSA) is 15.3 Å². The van der Waals surface area contributed by atoms with Gasteiger partial charge in [-0.05, 0) is 40.3 Å². The maximum atomic E-state index is 3.85. The Morgan fingerprint density at radius 2 is 2.00 bits per heavy atom. The molecule has 0 saturated carbocycles. The highest BCUT2D eigenvalue weighted by Gasteiger charge is 2.02. The Hall–Kier alpha value is -0.760. The Morgan fingerprint density at radius 3 is 2.36 bits per heavy atom. The number of allylic oxidation sites excluding steroid dienone is 1. The fourth-order valence-corrected chi connectivity index (χ4v) is 1.35. The maximum Gasteiger partial charge on any atom is 0.0320 e. The lowest BCUT2D eigenvalue weighted by atomic mass is 10.2. The smallest absolute Gasteiger partial charge is 0.0320 e. The van der Waals surface area contributed by atoms with Gasteiger partial charge in [-0.25, -0.2) is 0 Å². The summed E-state index contributed by atoms with van der Waals surface area (Å²) in [5.74, 6) is 0. The molecule has 0 rings (SSSR count). The predicted molar refractivity (Wildman–Crippen MR) is 64.3 cm³/mol. The van der Waals surface area contributed by atoms with Gasteiger partial charge >= 0.3 is 0 Å². The lowest BCUT2D eigenvalue weighted by Crippen LogP contribution is -2.23. The molecular formula is C12H24N2. The van der Waals surface area contributed by atoms with Crippen LogP contribution in [-0.2, 0) is 0 Å². The van der Waals surface area contributed by atoms with Crippen molar-refractivity contribution in [3.05, 3.63) is 24.4 Å². The molecule has 0 amide bonds. The van der Waals surface area contributed by atoms with Gasteiger partial charge in [0.2, 0.25) is 0 Å². The van der Waals surface area contributed by atoms with Gasteiger partial charge in [0.05, 0.1) is 0 Å². The van der Waals surface area contributed by atoms with Crippen LogP contribution in [0.2, 0.25) is 0 Å². The van der Waals surface area contributed by atoms with Gasteiger partial charge in [-0.3, -0.25) is 0 Å². The van der Waals surface area contributed by atoms with Crippen LogP contribution in [0.3, 0.4) is 0 Å². The summed E-state index contributed by atoms with van der Waals surface area (Å²) in [6.45, 7) is 12.5. The van der Waals surface area contributed by atoms with Crippen LogP contribution < -0.4 is 5.32 Å². The summed E-state index contributed by atoms with van der Waals surface area (Å²) in [7, 11) is 1.99. The summed E-state index contributed by atoms with van der Waals surface area (Å²) in [4.78, 5) is 2.31. The molecule has 14 heavy (non-hydrogen) atoms. The SMILES string of the molecule is C=C/C(=C\CC(C)NC)N(CC)CC. The number of rotatable bonds is 7. The van der Waals surface area contributed by atoms with Gasteiger partial charge in [-0.2, -0.15) is 0 Å². The molecule has 0 heterocycles. The molecule has 1 unspecified atom stereocenters. The second kappa shape index (κ2) is 7.63. The van der Waals surface area contributed by atoms with E-state index in [1.165, 1.54) is 5.70 Å². The van der Waals surface area contributed by atoms with Crippen molar-refractivity contribution in [2.24, 2.45) is 0 Å². The van der Waals surface area contributed by atoms with Crippen LogP contribution in [0.5, 0.6) is 0 Å². The lowest BCUT2D eigenvalue weighted by molar-refractivity contribution is 0.392. The number of nitrogens with zero attached hydrogens (tertiary/aromatic N) is 1. The second-order valence-electron chi connectivity index (χ2n) is 3.43. The van der Waals surface area contributed by atoms with E-state index < -0.39 is 0 Å². The molecule has 0 radical (unpaired) electrons. The maximum absolute atomic E-state index is 3.85. The first-order valence-corrected chi connectivity index (χ1v) is 5.44. The van der Waals surface area contributed by atoms with Crippen molar-refractivity contribution in [1.29, 1.82) is 0 Å². The predicted octanol–water partition coefficient (Wildman–Crippen LogP) is 2.40. The average molecular weight is 196 g/mol. The standard InChI is InChI=1S/C12H24N2/c1-6-12(14(7-2)8-3)10-9-11(4)13-5/h6,10-11,13H,1,7-9H2,2-5H3/b12-10+. The van der Waals surface area contributed by atoms with Crippen molar-refractivity contribution in [2.45, 2.75) is 33.2 Å². The van der Waals surface area contributed by atoms with Gasteiger partial charge in [-0.1, -0.05) is 12.7 Å². The molecule has 0 fully saturated rings. The van der Waals surface area contributed by atoms with Crippen molar-refractivity contribution >= 4 is 0 Å². The van der Waals surface area contributed by atoms with E-state index >= 15 is 0 Å². The molecule has 1 N–H and O–H groups in total. The third-order valence-corrected chi connectivity index (χ3v) is 2.51. The number of nitrogens with one attached hydrogen (secondary N) is 1. The zero-order chi connectivity index (χ0) is 11.0. The Morgan fingerprint density at radius 1 is 1.43 bits per heavy atom. The first-order chi connectivity index (χ1) is 6.69. The summed E-state index contributed by atoms with van der Waals surface area (Å²) in [6, 6.07) is 0.528. The van der Waals surface area contributed by atoms with E-state index in [0.29, 0.717) is 6.04 Å². The quantitative estimate of drug-likeness (QED) is 0.629. The van der Waals surface area contributed by atoms with Crippen molar-refractivity contribution in [3.63, 3.8) is 0 Å². The lowest BCUT2D eigenvalue weighted by Gasteiger charge is -2.22. The molecule has 82 valence electrons. The second-order valence-corrected chi connectivity index (χ2v) is 3.43. The van der Waals surface area contributed by atoms with Gasteiger partial charge in [-0.15, -0.1) is 0 Å². The highest BCUT2D eigenvalue weighted by Crippen LogP contribution is 2.07. The van der Waals surface area contributed by atoms with Crippen LogP contribution in [-0.4, -0.2) is 31.1 Å². The number of hydrogen-bond acceptors (Lipinski definition) is 2. The van der Waals surface area contributed by atoms with Gasteiger partial charge in [0.15, 0.2) is 0 Å². The summed E-state index contributed by atoms with van der Waals surface area (Å²) >= 11 is 0. The van der Waals surface area contributed by atoms with E-state index in [9.17, 15) is 0 Å². The Bertz CT molecular complexity index is 181. The minimum Gasteiger partial charge on any atom is -0.372 e. The number of hydrogen-bond donors (Lipinski definition) is 1. The normalized spacial score (nSPS) is 13.9. The summed E-state index contributed by atoms with van der Waals surface area (Å²) < 4.78 is 0. The van der Waals surface area contributed by atoms with E-state index in [1.807, 2.05) is 13.1 Å². The molecule has 2 nitrogen and oxygen atoms in total. The molecule has 0 aliphatic rings. The highest BCUT2D eigenvalue weighted by atomic mass is 15.1. The highest BCUT2D eigenvalue weighted by molar-refractivity contribution is 5.15. The van der Waals surface area contributed by atoms with Crippen molar-refractivity contribution < 1.29 is 0 Å². The Labute approximate surface area is 88.7 Å². The molecule has 0 aliphatic carbocycles. The fraction of sp³-hybridized carbons (Fsp3) is 0.667. The molecule has 0 aromatic rings. The number of likely N-dealkylation sites (N-methyl/N-ethyl adjacent to an activating group) is 1. The van der Waals surface area contributed by atoms with Crippen LogP contribution in [0.15, 0.2) is 24.4 Å². The summed E-state index contributed by atoms with van der Waals surface area (Å²) in [6.07, 6.45) is 5.24. The van der Waals surface area contributed by atoms with Gasteiger partial charge in [0.1, 0.15) is 0 Å². The van der Waals surface area contributed by atoms with Gasteiger partial charge in [0, 0.05) is 24.8 Å². The molecule has 0 spiro atoms. The van der Waals surface area contributed by atoms with E-state index in [4.69, 9.17) is 0 Å². The minimum atomic E-state index is 0.528. The molecule has 0 saturated heterocycles. The molecule has 0 aromatic carbocycles. The third kappa shape index (κ3) is 4.47. The van der Waals surface area contributed by atoms with E-state index in [-0.39, 0.29) is 0 Å². The molecule has 0 aromatic heterocycles. The van der Waals surface area contributed by atoms with Gasteiger partial charge in [0.25, 0.3) is 0 Å². The first-order valence-electron chi connectivity index (χ1n) is 5.44. The monoisotopic (exact) mass is 196 g/mol. The van der Waals surface area contributed by atoms with Crippen LogP contribution >= 0.6 is 0 Å². The minimum absolute atomic E-state index is 0.528. The Balaban J connectivity index is 4.29. The summed E-state index contributed by atoms with van der Waals surface area (Å²) in [5, 5.41) is 3.22. The molecule has 0 bridgehead atoms. The van der Waals surface area contributed by atoms with E-state index in [2.05, 4.69) is 43.6 Å². The van der Waals surface area contributed by atoms with Crippen LogP contribution in [0.1, 0.15) is 27.2 Å². The average Bonchev–Trinajstić information content (AvgIpc) is 2.23. The zero-order valence-corrected chi connectivity index (χ0v) is 10.0. The van der Waals surface area contributed by atoms with Crippen molar-refractivity contribution in [2.75, 3.05) is 20.1 Å².